The molecule has 7 atom stereocenters. The third kappa shape index (κ3) is 4.44. The van der Waals surface area contributed by atoms with Crippen molar-refractivity contribution in [3.63, 3.8) is 0 Å². The maximum Gasteiger partial charge on any atom is 0.244 e. The van der Waals surface area contributed by atoms with E-state index in [1.165, 1.54) is 0 Å². The zero-order valence-electron chi connectivity index (χ0n) is 22.1. The van der Waals surface area contributed by atoms with E-state index in [1.807, 2.05) is 51.1 Å². The molecule has 1 aromatic rings. The van der Waals surface area contributed by atoms with Gasteiger partial charge in [0.2, 0.25) is 17.7 Å². The summed E-state index contributed by atoms with van der Waals surface area (Å²) in [5.74, 6) is -1.58. The molecule has 8 heteroatoms. The number of thioether (sulfide) groups is 1. The van der Waals surface area contributed by atoms with Gasteiger partial charge in [-0.15, -0.1) is 11.8 Å². The highest BCUT2D eigenvalue weighted by Crippen LogP contribution is 2.71. The number of rotatable bonds is 10. The topological polar surface area (TPSA) is 98.7 Å². The predicted molar refractivity (Wildman–Crippen MR) is 142 cm³/mol. The summed E-state index contributed by atoms with van der Waals surface area (Å²) in [5.41, 5.74) is 1.00. The summed E-state index contributed by atoms with van der Waals surface area (Å²) in [5, 5.41) is 16.5. The highest BCUT2D eigenvalue weighted by Gasteiger charge is 2.77. The Kier molecular flexibility index (Phi) is 7.77. The molecule has 3 aliphatic heterocycles. The van der Waals surface area contributed by atoms with E-state index < -0.39 is 33.4 Å². The normalized spacial score (nSPS) is 32.5. The van der Waals surface area contributed by atoms with Gasteiger partial charge in [-0.05, 0) is 44.6 Å². The van der Waals surface area contributed by atoms with Crippen LogP contribution in [-0.4, -0.2) is 62.0 Å². The Labute approximate surface area is 219 Å². The van der Waals surface area contributed by atoms with Crippen LogP contribution in [0.2, 0.25) is 0 Å². The van der Waals surface area contributed by atoms with Crippen LogP contribution in [0, 0.1) is 17.8 Å². The van der Waals surface area contributed by atoms with Crippen molar-refractivity contribution in [1.82, 2.24) is 15.5 Å². The molecule has 3 aliphatic rings. The SMILES string of the molecule is CCCC(C)NC(=O)C1N([C@@H](CO)C(C)C)C(=O)[C@@H]2[C@H](C(=O)NCc3ccccc3)[C@]3(C)CCC12S3. The molecule has 3 unspecified atom stereocenters. The van der Waals surface area contributed by atoms with Crippen LogP contribution in [0.5, 0.6) is 0 Å². The lowest BCUT2D eigenvalue weighted by atomic mass is 9.66. The molecule has 0 saturated carbocycles. The minimum absolute atomic E-state index is 0.00862. The van der Waals surface area contributed by atoms with Crippen molar-refractivity contribution in [2.24, 2.45) is 17.8 Å². The third-order valence-corrected chi connectivity index (χ3v) is 10.5. The van der Waals surface area contributed by atoms with Crippen LogP contribution >= 0.6 is 11.8 Å². The number of benzene rings is 1. The molecule has 36 heavy (non-hydrogen) atoms. The Morgan fingerprint density at radius 3 is 2.47 bits per heavy atom. The molecule has 0 radical (unpaired) electrons. The van der Waals surface area contributed by atoms with E-state index in [0.29, 0.717) is 13.0 Å². The molecular weight excluding hydrogens is 474 g/mol. The van der Waals surface area contributed by atoms with Gasteiger partial charge in [0, 0.05) is 17.3 Å². The first kappa shape index (κ1) is 27.0. The standard InChI is InChI=1S/C28H41N3O4S/c1-6-10-18(4)30-25(34)23-28-14-13-27(5,36-28)21(24(33)29-15-19-11-8-7-9-12-19)22(28)26(35)31(23)20(16-32)17(2)3/h7-9,11-12,17-18,20-23,32H,6,10,13-16H2,1-5H3,(H,29,33)(H,30,34)/t18?,20-,21+,22-,23?,27-,28?/m0/s1. The Morgan fingerprint density at radius 2 is 1.86 bits per heavy atom. The average Bonchev–Trinajstić information content (AvgIpc) is 3.40. The summed E-state index contributed by atoms with van der Waals surface area (Å²) in [6.45, 7) is 10.3. The van der Waals surface area contributed by atoms with E-state index in [0.717, 1.165) is 24.8 Å². The second-order valence-corrected chi connectivity index (χ2v) is 13.3. The lowest BCUT2D eigenvalue weighted by molar-refractivity contribution is -0.144. The molecule has 4 rings (SSSR count). The third-order valence-electron chi connectivity index (χ3n) is 8.48. The molecule has 3 N–H and O–H groups in total. The summed E-state index contributed by atoms with van der Waals surface area (Å²) in [6, 6.07) is 8.56. The molecule has 0 aliphatic carbocycles. The second kappa shape index (κ2) is 10.4. The molecule has 0 aromatic heterocycles. The Bertz CT molecular complexity index is 988. The molecule has 1 spiro atoms. The molecule has 2 bridgehead atoms. The number of aliphatic hydroxyl groups excluding tert-OH is 1. The summed E-state index contributed by atoms with van der Waals surface area (Å²) in [6.07, 6.45) is 3.29. The van der Waals surface area contributed by atoms with E-state index in [2.05, 4.69) is 24.5 Å². The first-order valence-corrected chi connectivity index (χ1v) is 14.2. The van der Waals surface area contributed by atoms with Crippen LogP contribution in [0.3, 0.4) is 0 Å². The lowest BCUT2D eigenvalue weighted by Crippen LogP contribution is -2.58. The number of nitrogens with zero attached hydrogens (tertiary/aromatic N) is 1. The molecule has 3 amide bonds. The van der Waals surface area contributed by atoms with Gasteiger partial charge in [0.15, 0.2) is 0 Å². The predicted octanol–water partition coefficient (Wildman–Crippen LogP) is 3.11. The van der Waals surface area contributed by atoms with E-state index in [-0.39, 0.29) is 36.3 Å². The quantitative estimate of drug-likeness (QED) is 0.445. The van der Waals surface area contributed by atoms with Crippen LogP contribution in [0.25, 0.3) is 0 Å². The van der Waals surface area contributed by atoms with Crippen molar-refractivity contribution in [3.8, 4) is 0 Å². The van der Waals surface area contributed by atoms with Gasteiger partial charge < -0.3 is 20.6 Å². The van der Waals surface area contributed by atoms with Crippen LogP contribution in [0.15, 0.2) is 30.3 Å². The zero-order valence-corrected chi connectivity index (χ0v) is 22.9. The highest BCUT2D eigenvalue weighted by molar-refractivity contribution is 8.02. The molecule has 3 fully saturated rings. The molecule has 1 aromatic carbocycles. The fourth-order valence-corrected chi connectivity index (χ4v) is 9.11. The van der Waals surface area contributed by atoms with E-state index in [9.17, 15) is 19.5 Å². The maximum atomic E-state index is 14.2. The summed E-state index contributed by atoms with van der Waals surface area (Å²) in [4.78, 5) is 43.3. The van der Waals surface area contributed by atoms with Crippen molar-refractivity contribution in [3.05, 3.63) is 35.9 Å². The van der Waals surface area contributed by atoms with E-state index >= 15 is 0 Å². The zero-order chi connectivity index (χ0) is 26.3. The first-order valence-electron chi connectivity index (χ1n) is 13.3. The number of hydrogen-bond donors (Lipinski definition) is 3. The largest absolute Gasteiger partial charge is 0.394 e. The van der Waals surface area contributed by atoms with Gasteiger partial charge in [0.25, 0.3) is 0 Å². The number of nitrogens with one attached hydrogen (secondary N) is 2. The fourth-order valence-electron chi connectivity index (χ4n) is 6.76. The van der Waals surface area contributed by atoms with Gasteiger partial charge in [-0.2, -0.15) is 0 Å². The smallest absolute Gasteiger partial charge is 0.244 e. The average molecular weight is 516 g/mol. The van der Waals surface area contributed by atoms with Crippen molar-refractivity contribution in [1.29, 1.82) is 0 Å². The van der Waals surface area contributed by atoms with Gasteiger partial charge in [-0.3, -0.25) is 14.4 Å². The number of likely N-dealkylation sites (tertiary alicyclic amines) is 1. The van der Waals surface area contributed by atoms with Crippen molar-refractivity contribution >= 4 is 29.5 Å². The monoisotopic (exact) mass is 515 g/mol. The maximum absolute atomic E-state index is 14.2. The molecule has 7 nitrogen and oxygen atoms in total. The second-order valence-electron chi connectivity index (χ2n) is 11.4. The summed E-state index contributed by atoms with van der Waals surface area (Å²) < 4.78 is -1.08. The Hall–Kier alpha value is -2.06. The number of carbonyl (C=O) groups excluding carboxylic acids is 3. The molecule has 198 valence electrons. The van der Waals surface area contributed by atoms with Crippen LogP contribution < -0.4 is 10.6 Å². The summed E-state index contributed by atoms with van der Waals surface area (Å²) in [7, 11) is 0. The number of hydrogen-bond acceptors (Lipinski definition) is 5. The van der Waals surface area contributed by atoms with Gasteiger partial charge in [0.1, 0.15) is 6.04 Å². The minimum Gasteiger partial charge on any atom is -0.394 e. The lowest BCUT2D eigenvalue weighted by Gasteiger charge is -2.39. The number of fused-ring (bicyclic) bond motifs is 1. The van der Waals surface area contributed by atoms with Gasteiger partial charge in [-0.1, -0.05) is 57.5 Å². The van der Waals surface area contributed by atoms with Crippen LogP contribution in [0.4, 0.5) is 0 Å². The number of carbonyl (C=O) groups is 3. The van der Waals surface area contributed by atoms with Gasteiger partial charge in [-0.25, -0.2) is 0 Å². The summed E-state index contributed by atoms with van der Waals surface area (Å²) >= 11 is 1.67. The van der Waals surface area contributed by atoms with E-state index in [1.54, 1.807) is 16.7 Å². The minimum atomic E-state index is -0.701. The van der Waals surface area contributed by atoms with E-state index in [4.69, 9.17) is 0 Å². The van der Waals surface area contributed by atoms with Crippen LogP contribution in [0.1, 0.15) is 65.9 Å². The number of amides is 3. The van der Waals surface area contributed by atoms with Crippen molar-refractivity contribution in [2.75, 3.05) is 6.61 Å². The highest BCUT2D eigenvalue weighted by atomic mass is 32.2. The van der Waals surface area contributed by atoms with Crippen LogP contribution in [-0.2, 0) is 20.9 Å². The Morgan fingerprint density at radius 1 is 1.17 bits per heavy atom. The Balaban J connectivity index is 1.69. The number of aliphatic hydroxyl groups is 1. The molecule has 3 heterocycles. The molecule has 3 saturated heterocycles. The van der Waals surface area contributed by atoms with Crippen molar-refractivity contribution < 1.29 is 19.5 Å². The van der Waals surface area contributed by atoms with Gasteiger partial charge >= 0.3 is 0 Å². The molecular formula is C28H41N3O4S. The fraction of sp³-hybridized carbons (Fsp3) is 0.679. The first-order chi connectivity index (χ1) is 17.1. The van der Waals surface area contributed by atoms with Gasteiger partial charge in [0.05, 0.1) is 29.2 Å². The van der Waals surface area contributed by atoms with Crippen molar-refractivity contribution in [2.45, 2.75) is 94.5 Å².